The second kappa shape index (κ2) is 8.32. The van der Waals surface area contributed by atoms with Gasteiger partial charge in [-0.1, -0.05) is 30.8 Å². The summed E-state index contributed by atoms with van der Waals surface area (Å²) in [7, 11) is 0. The minimum atomic E-state index is -0.605. The zero-order chi connectivity index (χ0) is 23.0. The van der Waals surface area contributed by atoms with Gasteiger partial charge in [0.15, 0.2) is 5.82 Å². The maximum absolute atomic E-state index is 13.6. The van der Waals surface area contributed by atoms with Crippen molar-refractivity contribution >= 4 is 23.3 Å². The summed E-state index contributed by atoms with van der Waals surface area (Å²) < 4.78 is 0. The fourth-order valence-corrected chi connectivity index (χ4v) is 5.59. The van der Waals surface area contributed by atoms with Crippen LogP contribution in [0.25, 0.3) is 0 Å². The van der Waals surface area contributed by atoms with Gasteiger partial charge >= 0.3 is 0 Å². The quantitative estimate of drug-likeness (QED) is 0.732. The van der Waals surface area contributed by atoms with Gasteiger partial charge < -0.3 is 15.1 Å². The third-order valence-corrected chi connectivity index (χ3v) is 7.20. The van der Waals surface area contributed by atoms with Crippen molar-refractivity contribution in [3.63, 3.8) is 0 Å². The number of aromatic nitrogens is 2. The number of fused-ring (bicyclic) bond motifs is 3. The van der Waals surface area contributed by atoms with Gasteiger partial charge in [0.05, 0.1) is 29.6 Å². The molecule has 8 heteroatoms. The van der Waals surface area contributed by atoms with Gasteiger partial charge in [0.25, 0.3) is 0 Å². The fraction of sp³-hybridized carbons (Fsp3) is 0.400. The molecule has 8 nitrogen and oxygen atoms in total. The Balaban J connectivity index is 1.48. The molecule has 1 N–H and O–H groups in total. The van der Waals surface area contributed by atoms with Crippen molar-refractivity contribution in [1.29, 1.82) is 5.26 Å². The molecule has 5 rings (SSSR count). The second-order valence-corrected chi connectivity index (χ2v) is 8.94. The lowest BCUT2D eigenvalue weighted by molar-refractivity contribution is -0.128. The minimum absolute atomic E-state index is 0.00718. The first-order valence-electron chi connectivity index (χ1n) is 11.4. The van der Waals surface area contributed by atoms with E-state index in [0.29, 0.717) is 37.6 Å². The minimum Gasteiger partial charge on any atom is -0.351 e. The summed E-state index contributed by atoms with van der Waals surface area (Å²) >= 11 is 0. The van der Waals surface area contributed by atoms with E-state index in [9.17, 15) is 14.9 Å². The van der Waals surface area contributed by atoms with Crippen molar-refractivity contribution in [3.05, 3.63) is 60.1 Å². The molecule has 1 aliphatic carbocycles. The Morgan fingerprint density at radius 3 is 3.00 bits per heavy atom. The Hall–Kier alpha value is -3.73. The van der Waals surface area contributed by atoms with E-state index in [2.05, 4.69) is 40.1 Å². The number of amides is 2. The van der Waals surface area contributed by atoms with E-state index < -0.39 is 5.41 Å². The van der Waals surface area contributed by atoms with Crippen molar-refractivity contribution in [2.24, 2.45) is 0 Å². The second-order valence-electron chi connectivity index (χ2n) is 8.94. The van der Waals surface area contributed by atoms with Crippen LogP contribution in [0.15, 0.2) is 43.2 Å². The molecule has 1 spiro atoms. The Kier molecular flexibility index (Phi) is 5.33. The number of piperazine rings is 1. The third-order valence-electron chi connectivity index (χ3n) is 7.20. The van der Waals surface area contributed by atoms with Crippen LogP contribution in [0.5, 0.6) is 0 Å². The number of carbonyl (C=O) groups excluding carboxylic acids is 2. The Bertz CT molecular complexity index is 1170. The van der Waals surface area contributed by atoms with Gasteiger partial charge in [0, 0.05) is 26.1 Å². The predicted octanol–water partition coefficient (Wildman–Crippen LogP) is 2.36. The molecule has 33 heavy (non-hydrogen) atoms. The molecule has 2 aliphatic heterocycles. The lowest BCUT2D eigenvalue weighted by atomic mass is 9.65. The predicted molar refractivity (Wildman–Crippen MR) is 124 cm³/mol. The van der Waals surface area contributed by atoms with Gasteiger partial charge in [0.2, 0.25) is 11.8 Å². The molecule has 1 fully saturated rings. The van der Waals surface area contributed by atoms with E-state index in [1.807, 2.05) is 17.0 Å². The Labute approximate surface area is 192 Å². The van der Waals surface area contributed by atoms with Crippen molar-refractivity contribution in [2.75, 3.05) is 29.9 Å². The maximum Gasteiger partial charge on any atom is 0.246 e. The number of nitriles is 1. The van der Waals surface area contributed by atoms with Crippen LogP contribution in [0.3, 0.4) is 0 Å². The van der Waals surface area contributed by atoms with Crippen molar-refractivity contribution in [3.8, 4) is 6.07 Å². The molecule has 2 aromatic rings. The largest absolute Gasteiger partial charge is 0.351 e. The first kappa shape index (κ1) is 21.1. The molecule has 0 radical (unpaired) electrons. The first-order chi connectivity index (χ1) is 16.1. The van der Waals surface area contributed by atoms with Gasteiger partial charge in [-0.2, -0.15) is 5.26 Å². The number of nitrogens with zero attached hydrogens (tertiary/aromatic N) is 5. The Morgan fingerprint density at radius 2 is 2.18 bits per heavy atom. The van der Waals surface area contributed by atoms with Crippen LogP contribution in [0.1, 0.15) is 36.1 Å². The number of benzene rings is 1. The number of hydrogen-bond donors (Lipinski definition) is 1. The monoisotopic (exact) mass is 442 g/mol. The van der Waals surface area contributed by atoms with E-state index in [0.717, 1.165) is 30.5 Å². The summed E-state index contributed by atoms with van der Waals surface area (Å²) in [5.41, 5.74) is 3.21. The summed E-state index contributed by atoms with van der Waals surface area (Å²) in [5, 5.41) is 12.4. The average Bonchev–Trinajstić information content (AvgIpc) is 2.84. The highest BCUT2D eigenvalue weighted by Crippen LogP contribution is 2.45. The summed E-state index contributed by atoms with van der Waals surface area (Å²) in [6, 6.07) is 10.1. The molecular weight excluding hydrogens is 416 g/mol. The van der Waals surface area contributed by atoms with Gasteiger partial charge in [0.1, 0.15) is 12.0 Å². The molecule has 3 heterocycles. The zero-order valence-electron chi connectivity index (χ0n) is 18.5. The first-order valence-corrected chi connectivity index (χ1v) is 11.4. The molecule has 2 atom stereocenters. The molecule has 0 saturated carbocycles. The van der Waals surface area contributed by atoms with E-state index in [1.165, 1.54) is 11.6 Å². The number of rotatable bonds is 3. The highest BCUT2D eigenvalue weighted by atomic mass is 16.2. The maximum atomic E-state index is 13.6. The van der Waals surface area contributed by atoms with Gasteiger partial charge in [-0.3, -0.25) is 9.59 Å². The topological polar surface area (TPSA) is 102 Å². The van der Waals surface area contributed by atoms with Crippen LogP contribution >= 0.6 is 0 Å². The summed E-state index contributed by atoms with van der Waals surface area (Å²) in [6.45, 7) is 5.04. The zero-order valence-corrected chi connectivity index (χ0v) is 18.5. The van der Waals surface area contributed by atoms with Crippen molar-refractivity contribution < 1.29 is 9.59 Å². The molecule has 0 unspecified atom stereocenters. The summed E-state index contributed by atoms with van der Waals surface area (Å²) in [6.07, 6.45) is 6.34. The number of carbonyl (C=O) groups is 2. The number of aryl methyl sites for hydroxylation is 1. The molecular formula is C25H26N6O2. The standard InChI is InChI=1S/C25H26N6O2/c1-2-21(32)31-13-12-30(15-18(31)9-11-26)23-22-20(27-16-28-23)14-25(24(33)29-22)10-5-7-17-6-3-4-8-19(17)25/h2-4,6,8,16,18H,1,5,7,9-10,12-15H2,(H,29,33)/t18-,25-/m0/s1. The van der Waals surface area contributed by atoms with E-state index in [1.54, 1.807) is 11.2 Å². The lowest BCUT2D eigenvalue weighted by Gasteiger charge is -2.43. The lowest BCUT2D eigenvalue weighted by Crippen LogP contribution is -2.55. The van der Waals surface area contributed by atoms with Crippen LogP contribution in [0.2, 0.25) is 0 Å². The van der Waals surface area contributed by atoms with Gasteiger partial charge in [-0.15, -0.1) is 0 Å². The molecule has 1 aromatic carbocycles. The number of nitrogens with one attached hydrogen (secondary N) is 1. The van der Waals surface area contributed by atoms with Gasteiger partial charge in [-0.25, -0.2) is 9.97 Å². The van der Waals surface area contributed by atoms with Crippen LogP contribution in [0, 0.1) is 11.3 Å². The van der Waals surface area contributed by atoms with Crippen LogP contribution < -0.4 is 10.2 Å². The molecule has 2 amide bonds. The van der Waals surface area contributed by atoms with Crippen LogP contribution in [-0.2, 0) is 27.8 Å². The normalized spacial score (nSPS) is 23.8. The molecule has 1 saturated heterocycles. The van der Waals surface area contributed by atoms with E-state index in [4.69, 9.17) is 0 Å². The van der Waals surface area contributed by atoms with Crippen molar-refractivity contribution in [1.82, 2.24) is 14.9 Å². The fourth-order valence-electron chi connectivity index (χ4n) is 5.59. The Morgan fingerprint density at radius 1 is 1.33 bits per heavy atom. The summed E-state index contributed by atoms with van der Waals surface area (Å²) in [4.78, 5) is 38.6. The molecule has 168 valence electrons. The highest BCUT2D eigenvalue weighted by molar-refractivity contribution is 6.04. The SMILES string of the molecule is C=CC(=O)N1CCN(c2ncnc3c2NC(=O)[C@@]2(CCCc4ccccc42)C3)C[C@@H]1CC#N. The van der Waals surface area contributed by atoms with E-state index in [-0.39, 0.29) is 24.3 Å². The molecule has 1 aromatic heterocycles. The number of anilines is 2. The average molecular weight is 443 g/mol. The third kappa shape index (κ3) is 3.44. The highest BCUT2D eigenvalue weighted by Gasteiger charge is 2.47. The van der Waals surface area contributed by atoms with Crippen LogP contribution in [0.4, 0.5) is 11.5 Å². The molecule has 0 bridgehead atoms. The molecule has 3 aliphatic rings. The van der Waals surface area contributed by atoms with E-state index >= 15 is 0 Å². The summed E-state index contributed by atoms with van der Waals surface area (Å²) in [5.74, 6) is 0.471. The van der Waals surface area contributed by atoms with Gasteiger partial charge in [-0.05, 0) is 36.5 Å². The van der Waals surface area contributed by atoms with Crippen molar-refractivity contribution in [2.45, 2.75) is 43.6 Å². The van der Waals surface area contributed by atoms with Crippen LogP contribution in [-0.4, -0.2) is 52.4 Å². The smallest absolute Gasteiger partial charge is 0.246 e. The number of hydrogen-bond acceptors (Lipinski definition) is 6.